The maximum absolute atomic E-state index is 13.5. The number of pyridine rings is 1. The SMILES string of the molecule is COC[C@H](C)NCc1cc2c(-c3ccc(F)cc3)nn(-c3ccccc3)c2[nH]c1=O. The molecule has 4 aromatic rings. The second-order valence-electron chi connectivity index (χ2n) is 7.23. The van der Waals surface area contributed by atoms with E-state index >= 15 is 0 Å². The number of hydrogen-bond acceptors (Lipinski definition) is 4. The van der Waals surface area contributed by atoms with E-state index in [0.29, 0.717) is 30.1 Å². The van der Waals surface area contributed by atoms with Crippen molar-refractivity contribution in [1.82, 2.24) is 20.1 Å². The number of benzene rings is 2. The Morgan fingerprint density at radius 1 is 1.17 bits per heavy atom. The first-order valence-electron chi connectivity index (χ1n) is 9.75. The third kappa shape index (κ3) is 4.03. The Kier molecular flexibility index (Phi) is 5.74. The summed E-state index contributed by atoms with van der Waals surface area (Å²) < 4.78 is 20.3. The highest BCUT2D eigenvalue weighted by Crippen LogP contribution is 2.29. The van der Waals surface area contributed by atoms with Crippen molar-refractivity contribution >= 4 is 11.0 Å². The number of para-hydroxylation sites is 1. The van der Waals surface area contributed by atoms with E-state index in [1.807, 2.05) is 43.3 Å². The molecule has 30 heavy (non-hydrogen) atoms. The fourth-order valence-electron chi connectivity index (χ4n) is 3.42. The quantitative estimate of drug-likeness (QED) is 0.492. The van der Waals surface area contributed by atoms with Gasteiger partial charge in [-0.3, -0.25) is 4.79 Å². The molecule has 2 aromatic carbocycles. The predicted octanol–water partition coefficient (Wildman–Crippen LogP) is 3.64. The van der Waals surface area contributed by atoms with E-state index in [9.17, 15) is 9.18 Å². The van der Waals surface area contributed by atoms with E-state index in [1.54, 1.807) is 23.9 Å². The van der Waals surface area contributed by atoms with Gasteiger partial charge in [-0.2, -0.15) is 5.10 Å². The zero-order valence-corrected chi connectivity index (χ0v) is 16.9. The number of methoxy groups -OCH3 is 1. The van der Waals surface area contributed by atoms with E-state index in [1.165, 1.54) is 12.1 Å². The molecule has 0 aliphatic rings. The van der Waals surface area contributed by atoms with Crippen LogP contribution >= 0.6 is 0 Å². The number of aromatic amines is 1. The molecule has 0 saturated carbocycles. The molecule has 4 rings (SSSR count). The first kappa shape index (κ1) is 20.0. The summed E-state index contributed by atoms with van der Waals surface area (Å²) in [6, 6.07) is 17.7. The van der Waals surface area contributed by atoms with Crippen LogP contribution < -0.4 is 10.9 Å². The van der Waals surface area contributed by atoms with E-state index in [0.717, 1.165) is 16.6 Å². The summed E-state index contributed by atoms with van der Waals surface area (Å²) in [7, 11) is 1.64. The minimum atomic E-state index is -0.309. The molecular formula is C23H23FN4O2. The van der Waals surface area contributed by atoms with Crippen molar-refractivity contribution in [3.63, 3.8) is 0 Å². The van der Waals surface area contributed by atoms with Gasteiger partial charge in [0.1, 0.15) is 17.2 Å². The average molecular weight is 406 g/mol. The Hall–Kier alpha value is -3.29. The first-order chi connectivity index (χ1) is 14.6. The second-order valence-corrected chi connectivity index (χ2v) is 7.23. The number of H-pyrrole nitrogens is 1. The van der Waals surface area contributed by atoms with Crippen LogP contribution in [0.1, 0.15) is 12.5 Å². The third-order valence-electron chi connectivity index (χ3n) is 4.94. The first-order valence-corrected chi connectivity index (χ1v) is 9.75. The zero-order valence-electron chi connectivity index (χ0n) is 16.9. The van der Waals surface area contributed by atoms with Crippen LogP contribution in [-0.4, -0.2) is 34.5 Å². The Balaban J connectivity index is 1.85. The molecule has 0 radical (unpaired) electrons. The predicted molar refractivity (Wildman–Crippen MR) is 115 cm³/mol. The number of rotatable bonds is 7. The monoisotopic (exact) mass is 406 g/mol. The molecule has 6 nitrogen and oxygen atoms in total. The fourth-order valence-corrected chi connectivity index (χ4v) is 3.42. The molecule has 0 amide bonds. The van der Waals surface area contributed by atoms with E-state index < -0.39 is 0 Å². The molecule has 0 aliphatic heterocycles. The van der Waals surface area contributed by atoms with E-state index in [4.69, 9.17) is 9.84 Å². The van der Waals surface area contributed by atoms with Gasteiger partial charge in [-0.05, 0) is 49.4 Å². The lowest BCUT2D eigenvalue weighted by Crippen LogP contribution is -2.31. The van der Waals surface area contributed by atoms with Crippen molar-refractivity contribution in [2.24, 2.45) is 0 Å². The number of ether oxygens (including phenoxy) is 1. The summed E-state index contributed by atoms with van der Waals surface area (Å²) in [5, 5.41) is 8.83. The summed E-state index contributed by atoms with van der Waals surface area (Å²) in [6.07, 6.45) is 0. The van der Waals surface area contributed by atoms with Crippen molar-refractivity contribution in [3.05, 3.63) is 82.4 Å². The van der Waals surface area contributed by atoms with Gasteiger partial charge < -0.3 is 15.0 Å². The molecule has 2 heterocycles. The Labute approximate surface area is 173 Å². The van der Waals surface area contributed by atoms with Gasteiger partial charge in [0, 0.05) is 36.2 Å². The fraction of sp³-hybridized carbons (Fsp3) is 0.217. The number of nitrogens with one attached hydrogen (secondary N) is 2. The molecule has 0 spiro atoms. The largest absolute Gasteiger partial charge is 0.383 e. The molecule has 1 atom stereocenters. The summed E-state index contributed by atoms with van der Waals surface area (Å²) in [4.78, 5) is 15.7. The van der Waals surface area contributed by atoms with Crippen molar-refractivity contribution in [3.8, 4) is 16.9 Å². The van der Waals surface area contributed by atoms with Gasteiger partial charge in [0.15, 0.2) is 0 Å². The van der Waals surface area contributed by atoms with Gasteiger partial charge in [0.25, 0.3) is 5.56 Å². The number of nitrogens with zero attached hydrogens (tertiary/aromatic N) is 2. The zero-order chi connectivity index (χ0) is 21.1. The maximum Gasteiger partial charge on any atom is 0.254 e. The lowest BCUT2D eigenvalue weighted by Gasteiger charge is -2.12. The second kappa shape index (κ2) is 8.61. The van der Waals surface area contributed by atoms with Gasteiger partial charge in [-0.25, -0.2) is 9.07 Å². The highest BCUT2D eigenvalue weighted by molar-refractivity contribution is 5.92. The molecule has 7 heteroatoms. The van der Waals surface area contributed by atoms with E-state index in [-0.39, 0.29) is 17.4 Å². The van der Waals surface area contributed by atoms with Crippen LogP contribution in [0.25, 0.3) is 28.0 Å². The van der Waals surface area contributed by atoms with Gasteiger partial charge in [-0.1, -0.05) is 18.2 Å². The standard InChI is InChI=1S/C23H23FN4O2/c1-15(14-30-2)25-13-17-12-20-21(16-8-10-18(24)11-9-16)27-28(22(20)26-23(17)29)19-6-4-3-5-7-19/h3-12,15,25H,13-14H2,1-2H3,(H,26,29)/t15-/m0/s1. The molecule has 154 valence electrons. The van der Waals surface area contributed by atoms with Crippen LogP contribution in [0.2, 0.25) is 0 Å². The number of hydrogen-bond donors (Lipinski definition) is 2. The third-order valence-corrected chi connectivity index (χ3v) is 4.94. The van der Waals surface area contributed by atoms with Gasteiger partial charge in [0.2, 0.25) is 0 Å². The summed E-state index contributed by atoms with van der Waals surface area (Å²) in [5.74, 6) is -0.309. The molecule has 0 saturated heterocycles. The Morgan fingerprint density at radius 2 is 1.90 bits per heavy atom. The molecular weight excluding hydrogens is 383 g/mol. The lowest BCUT2D eigenvalue weighted by atomic mass is 10.1. The van der Waals surface area contributed by atoms with Crippen LogP contribution in [0.4, 0.5) is 4.39 Å². The average Bonchev–Trinajstić information content (AvgIpc) is 3.11. The number of aromatic nitrogens is 3. The van der Waals surface area contributed by atoms with Crippen molar-refractivity contribution < 1.29 is 9.13 Å². The molecule has 0 unspecified atom stereocenters. The van der Waals surface area contributed by atoms with Crippen molar-refractivity contribution in [2.75, 3.05) is 13.7 Å². The Bertz CT molecular complexity index is 1200. The van der Waals surface area contributed by atoms with Crippen molar-refractivity contribution in [2.45, 2.75) is 19.5 Å². The van der Waals surface area contributed by atoms with Crippen LogP contribution in [0.3, 0.4) is 0 Å². The van der Waals surface area contributed by atoms with Crippen molar-refractivity contribution in [1.29, 1.82) is 0 Å². The highest BCUT2D eigenvalue weighted by atomic mass is 19.1. The summed E-state index contributed by atoms with van der Waals surface area (Å²) in [5.41, 5.74) is 3.29. The minimum Gasteiger partial charge on any atom is -0.383 e. The Morgan fingerprint density at radius 3 is 2.60 bits per heavy atom. The normalized spacial score (nSPS) is 12.4. The summed E-state index contributed by atoms with van der Waals surface area (Å²) >= 11 is 0. The van der Waals surface area contributed by atoms with Crippen LogP contribution in [0.5, 0.6) is 0 Å². The summed E-state index contributed by atoms with van der Waals surface area (Å²) in [6.45, 7) is 2.94. The lowest BCUT2D eigenvalue weighted by molar-refractivity contribution is 0.171. The van der Waals surface area contributed by atoms with Gasteiger partial charge >= 0.3 is 0 Å². The van der Waals surface area contributed by atoms with Crippen LogP contribution in [0.15, 0.2) is 65.5 Å². The van der Waals surface area contributed by atoms with E-state index in [2.05, 4.69) is 10.3 Å². The van der Waals surface area contributed by atoms with Crippen LogP contribution in [0, 0.1) is 5.82 Å². The van der Waals surface area contributed by atoms with Crippen LogP contribution in [-0.2, 0) is 11.3 Å². The molecule has 0 aliphatic carbocycles. The molecule has 2 N–H and O–H groups in total. The molecule has 0 fully saturated rings. The van der Waals surface area contributed by atoms with Gasteiger partial charge in [0.05, 0.1) is 12.3 Å². The smallest absolute Gasteiger partial charge is 0.254 e. The molecule has 2 aromatic heterocycles. The molecule has 0 bridgehead atoms. The number of halogens is 1. The highest BCUT2D eigenvalue weighted by Gasteiger charge is 2.17. The number of fused-ring (bicyclic) bond motifs is 1. The topological polar surface area (TPSA) is 71.9 Å². The minimum absolute atomic E-state index is 0.105. The van der Waals surface area contributed by atoms with Gasteiger partial charge in [-0.15, -0.1) is 0 Å². The maximum atomic E-state index is 13.5.